The van der Waals surface area contributed by atoms with Gasteiger partial charge >= 0.3 is 0 Å². The third-order valence-corrected chi connectivity index (χ3v) is 2.42. The zero-order valence-electron chi connectivity index (χ0n) is 10.6. The van der Waals surface area contributed by atoms with Crippen molar-refractivity contribution in [2.24, 2.45) is 0 Å². The Kier molecular flexibility index (Phi) is 6.84. The maximum atomic E-state index is 8.75. The zero-order chi connectivity index (χ0) is 13.9. The Morgan fingerprint density at radius 1 is 0.842 bits per heavy atom. The van der Waals surface area contributed by atoms with Gasteiger partial charge in [-0.25, -0.2) is 0 Å². The Morgan fingerprint density at radius 3 is 1.84 bits per heavy atom. The van der Waals surface area contributed by atoms with Gasteiger partial charge in [0, 0.05) is 0 Å². The Labute approximate surface area is 113 Å². The standard InChI is InChI=1S/C10H12O2.C6H6O/c11-7-1-2-9-3-5-10(8-12)6-4-9;7-6-4-2-1-3-5-6/h1,3-7,11-12H,2,8H2;1-5,7H. The molecule has 3 nitrogen and oxygen atoms in total. The highest BCUT2D eigenvalue weighted by atomic mass is 16.3. The van der Waals surface area contributed by atoms with Crippen LogP contribution < -0.4 is 0 Å². The number of rotatable bonds is 3. The Morgan fingerprint density at radius 2 is 1.42 bits per heavy atom. The molecule has 2 aromatic rings. The highest BCUT2D eigenvalue weighted by Gasteiger charge is 1.90. The number of benzene rings is 2. The summed E-state index contributed by atoms with van der Waals surface area (Å²) >= 11 is 0. The van der Waals surface area contributed by atoms with Gasteiger partial charge in [0.2, 0.25) is 0 Å². The maximum absolute atomic E-state index is 8.75. The van der Waals surface area contributed by atoms with Crippen LogP contribution in [0.3, 0.4) is 0 Å². The predicted octanol–water partition coefficient (Wildman–Crippen LogP) is 3.19. The summed E-state index contributed by atoms with van der Waals surface area (Å²) in [6.07, 6.45) is 3.44. The molecule has 0 radical (unpaired) electrons. The largest absolute Gasteiger partial charge is 0.516 e. The topological polar surface area (TPSA) is 60.7 Å². The second-order valence-electron chi connectivity index (χ2n) is 3.90. The third kappa shape index (κ3) is 6.29. The predicted molar refractivity (Wildman–Crippen MR) is 75.9 cm³/mol. The molecule has 19 heavy (non-hydrogen) atoms. The van der Waals surface area contributed by atoms with Gasteiger partial charge in [-0.2, -0.15) is 0 Å². The van der Waals surface area contributed by atoms with Gasteiger partial charge in [0.25, 0.3) is 0 Å². The van der Waals surface area contributed by atoms with Crippen molar-refractivity contribution in [1.82, 2.24) is 0 Å². The first-order valence-electron chi connectivity index (χ1n) is 5.98. The number of aliphatic hydroxyl groups excluding tert-OH is 2. The van der Waals surface area contributed by atoms with Crippen LogP contribution in [0.1, 0.15) is 11.1 Å². The fourth-order valence-corrected chi connectivity index (χ4v) is 1.40. The summed E-state index contributed by atoms with van der Waals surface area (Å²) in [7, 11) is 0. The molecule has 0 aromatic heterocycles. The first kappa shape index (κ1) is 14.8. The molecule has 2 rings (SSSR count). The summed E-state index contributed by atoms with van der Waals surface area (Å²) in [5.74, 6) is 0.322. The number of allylic oxidation sites excluding steroid dienone is 1. The van der Waals surface area contributed by atoms with Crippen molar-refractivity contribution in [3.05, 3.63) is 78.1 Å². The third-order valence-electron chi connectivity index (χ3n) is 2.42. The number of phenols is 1. The van der Waals surface area contributed by atoms with E-state index >= 15 is 0 Å². The average Bonchev–Trinajstić information content (AvgIpc) is 2.47. The van der Waals surface area contributed by atoms with Crippen molar-refractivity contribution < 1.29 is 15.3 Å². The maximum Gasteiger partial charge on any atom is 0.115 e. The van der Waals surface area contributed by atoms with Crippen LogP contribution in [0.2, 0.25) is 0 Å². The first-order valence-corrected chi connectivity index (χ1v) is 5.98. The van der Waals surface area contributed by atoms with Crippen molar-refractivity contribution in [3.8, 4) is 5.75 Å². The lowest BCUT2D eigenvalue weighted by Gasteiger charge is -1.97. The van der Waals surface area contributed by atoms with Crippen LogP contribution in [0.15, 0.2) is 66.9 Å². The molecule has 0 aliphatic heterocycles. The molecule has 0 amide bonds. The van der Waals surface area contributed by atoms with Crippen LogP contribution in [0.5, 0.6) is 5.75 Å². The number of para-hydroxylation sites is 1. The summed E-state index contributed by atoms with van der Waals surface area (Å²) in [5.41, 5.74) is 2.03. The smallest absolute Gasteiger partial charge is 0.115 e. The number of aliphatic hydroxyl groups is 2. The number of hydrogen-bond acceptors (Lipinski definition) is 3. The Balaban J connectivity index is 0.000000218. The summed E-state index contributed by atoms with van der Waals surface area (Å²) in [5, 5.41) is 25.8. The van der Waals surface area contributed by atoms with Crippen LogP contribution in [-0.4, -0.2) is 15.3 Å². The molecule has 0 atom stereocenters. The van der Waals surface area contributed by atoms with Gasteiger partial charge in [-0.1, -0.05) is 42.5 Å². The summed E-state index contributed by atoms with van der Waals surface area (Å²) in [4.78, 5) is 0. The van der Waals surface area contributed by atoms with Gasteiger partial charge in [-0.05, 0) is 35.8 Å². The monoisotopic (exact) mass is 258 g/mol. The molecule has 0 fully saturated rings. The first-order chi connectivity index (χ1) is 9.26. The van der Waals surface area contributed by atoms with Crippen LogP contribution >= 0.6 is 0 Å². The van der Waals surface area contributed by atoms with Gasteiger partial charge in [-0.15, -0.1) is 0 Å². The molecule has 3 heteroatoms. The minimum atomic E-state index is 0.0795. The van der Waals surface area contributed by atoms with E-state index in [1.807, 2.05) is 30.3 Å². The van der Waals surface area contributed by atoms with E-state index in [0.717, 1.165) is 23.8 Å². The molecular weight excluding hydrogens is 240 g/mol. The molecule has 0 unspecified atom stereocenters. The highest BCUT2D eigenvalue weighted by Crippen LogP contribution is 2.05. The van der Waals surface area contributed by atoms with E-state index in [1.54, 1.807) is 30.3 Å². The van der Waals surface area contributed by atoms with Crippen LogP contribution in [0.4, 0.5) is 0 Å². The van der Waals surface area contributed by atoms with Crippen molar-refractivity contribution >= 4 is 0 Å². The van der Waals surface area contributed by atoms with Gasteiger partial charge < -0.3 is 15.3 Å². The van der Waals surface area contributed by atoms with E-state index in [9.17, 15) is 0 Å². The van der Waals surface area contributed by atoms with Crippen molar-refractivity contribution in [2.45, 2.75) is 13.0 Å². The molecule has 100 valence electrons. The van der Waals surface area contributed by atoms with Crippen LogP contribution in [0.25, 0.3) is 0 Å². The lowest BCUT2D eigenvalue weighted by Crippen LogP contribution is -1.84. The van der Waals surface area contributed by atoms with E-state index in [0.29, 0.717) is 5.75 Å². The molecule has 2 aromatic carbocycles. The molecule has 0 aliphatic rings. The van der Waals surface area contributed by atoms with Crippen LogP contribution in [0, 0.1) is 0 Å². The zero-order valence-corrected chi connectivity index (χ0v) is 10.6. The second-order valence-corrected chi connectivity index (χ2v) is 3.90. The molecule has 3 N–H and O–H groups in total. The minimum absolute atomic E-state index is 0.0795. The molecule has 0 saturated heterocycles. The summed E-state index contributed by atoms with van der Waals surface area (Å²) in [6, 6.07) is 16.3. The normalized spacial score (nSPS) is 9.95. The van der Waals surface area contributed by atoms with Crippen molar-refractivity contribution in [2.75, 3.05) is 0 Å². The minimum Gasteiger partial charge on any atom is -0.516 e. The van der Waals surface area contributed by atoms with E-state index in [-0.39, 0.29) is 6.61 Å². The van der Waals surface area contributed by atoms with Gasteiger partial charge in [0.05, 0.1) is 12.9 Å². The van der Waals surface area contributed by atoms with Gasteiger partial charge in [0.15, 0.2) is 0 Å². The highest BCUT2D eigenvalue weighted by molar-refractivity contribution is 5.23. The van der Waals surface area contributed by atoms with Crippen molar-refractivity contribution in [1.29, 1.82) is 0 Å². The van der Waals surface area contributed by atoms with E-state index in [4.69, 9.17) is 15.3 Å². The quantitative estimate of drug-likeness (QED) is 0.741. The lowest BCUT2D eigenvalue weighted by atomic mass is 10.1. The molecule has 0 spiro atoms. The summed E-state index contributed by atoms with van der Waals surface area (Å²) < 4.78 is 0. The van der Waals surface area contributed by atoms with E-state index < -0.39 is 0 Å². The molecule has 0 saturated carbocycles. The number of phenolic OH excluding ortho intramolecular Hbond substituents is 1. The van der Waals surface area contributed by atoms with Crippen molar-refractivity contribution in [3.63, 3.8) is 0 Å². The van der Waals surface area contributed by atoms with Crippen LogP contribution in [-0.2, 0) is 13.0 Å². The molecule has 0 heterocycles. The molecule has 0 aliphatic carbocycles. The SMILES string of the molecule is OC=CCc1ccc(CO)cc1.Oc1ccccc1. The van der Waals surface area contributed by atoms with Gasteiger partial charge in [-0.3, -0.25) is 0 Å². The molecule has 0 bridgehead atoms. The Bertz CT molecular complexity index is 475. The fraction of sp³-hybridized carbons (Fsp3) is 0.125. The summed E-state index contributed by atoms with van der Waals surface area (Å²) in [6.45, 7) is 0.0795. The van der Waals surface area contributed by atoms with E-state index in [2.05, 4.69) is 0 Å². The number of hydrogen-bond donors (Lipinski definition) is 3. The van der Waals surface area contributed by atoms with Gasteiger partial charge in [0.1, 0.15) is 5.75 Å². The van der Waals surface area contributed by atoms with E-state index in [1.165, 1.54) is 0 Å². The lowest BCUT2D eigenvalue weighted by molar-refractivity contribution is 0.282. The average molecular weight is 258 g/mol. The molecular formula is C16H18O3. The number of aromatic hydroxyl groups is 1. The fourth-order valence-electron chi connectivity index (χ4n) is 1.40. The Hall–Kier alpha value is -2.26. The second kappa shape index (κ2) is 8.78.